The van der Waals surface area contributed by atoms with Gasteiger partial charge in [0.05, 0.1) is 5.69 Å². The minimum Gasteiger partial charge on any atom is -0.325 e. The van der Waals surface area contributed by atoms with Gasteiger partial charge in [-0.25, -0.2) is 4.98 Å². The van der Waals surface area contributed by atoms with E-state index >= 15 is 0 Å². The smallest absolute Gasteiger partial charge is 0.254 e. The fourth-order valence-electron chi connectivity index (χ4n) is 3.19. The Morgan fingerprint density at radius 2 is 1.92 bits per heavy atom. The largest absolute Gasteiger partial charge is 0.325 e. The SMILES string of the molecule is Cc1nc(C(C)(C)C)cc(=O)n1CC(=O)Nc1ccc2c(c1)CCC2. The molecule has 1 aromatic carbocycles. The molecule has 0 spiro atoms. The summed E-state index contributed by atoms with van der Waals surface area (Å²) < 4.78 is 1.41. The lowest BCUT2D eigenvalue weighted by molar-refractivity contribution is -0.116. The molecule has 1 heterocycles. The molecule has 0 bridgehead atoms. The molecule has 25 heavy (non-hydrogen) atoms. The van der Waals surface area contributed by atoms with Gasteiger partial charge in [-0.05, 0) is 49.4 Å². The van der Waals surface area contributed by atoms with Crippen molar-refractivity contribution in [2.75, 3.05) is 5.32 Å². The number of hydrogen-bond donors (Lipinski definition) is 1. The molecule has 0 radical (unpaired) electrons. The van der Waals surface area contributed by atoms with Gasteiger partial charge in [0.25, 0.3) is 5.56 Å². The number of hydrogen-bond acceptors (Lipinski definition) is 3. The van der Waals surface area contributed by atoms with Crippen LogP contribution in [-0.2, 0) is 29.6 Å². The summed E-state index contributed by atoms with van der Waals surface area (Å²) in [5, 5.41) is 2.89. The minimum atomic E-state index is -0.214. The summed E-state index contributed by atoms with van der Waals surface area (Å²) >= 11 is 0. The molecule has 3 rings (SSSR count). The van der Waals surface area contributed by atoms with Crippen LogP contribution in [0.2, 0.25) is 0 Å². The first-order valence-corrected chi connectivity index (χ1v) is 8.74. The van der Waals surface area contributed by atoms with Crippen LogP contribution in [0.25, 0.3) is 0 Å². The van der Waals surface area contributed by atoms with Gasteiger partial charge in [-0.15, -0.1) is 0 Å². The van der Waals surface area contributed by atoms with E-state index in [1.165, 1.54) is 28.2 Å². The molecule has 132 valence electrons. The van der Waals surface area contributed by atoms with Gasteiger partial charge in [-0.1, -0.05) is 26.8 Å². The number of benzene rings is 1. The van der Waals surface area contributed by atoms with E-state index in [1.54, 1.807) is 6.92 Å². The Hall–Kier alpha value is -2.43. The van der Waals surface area contributed by atoms with Crippen molar-refractivity contribution in [2.24, 2.45) is 0 Å². The lowest BCUT2D eigenvalue weighted by atomic mass is 9.92. The number of nitrogens with one attached hydrogen (secondary N) is 1. The molecule has 1 amide bonds. The van der Waals surface area contributed by atoms with Crippen molar-refractivity contribution < 1.29 is 4.79 Å². The van der Waals surface area contributed by atoms with Crippen LogP contribution in [-0.4, -0.2) is 15.5 Å². The van der Waals surface area contributed by atoms with E-state index in [1.807, 2.05) is 32.9 Å². The second-order valence-electron chi connectivity index (χ2n) is 7.75. The molecule has 5 heteroatoms. The predicted molar refractivity (Wildman–Crippen MR) is 99.0 cm³/mol. The van der Waals surface area contributed by atoms with Crippen molar-refractivity contribution in [3.05, 3.63) is 57.3 Å². The maximum atomic E-state index is 12.4. The first-order valence-electron chi connectivity index (χ1n) is 8.74. The maximum Gasteiger partial charge on any atom is 0.254 e. The second-order valence-corrected chi connectivity index (χ2v) is 7.75. The number of nitrogens with zero attached hydrogens (tertiary/aromatic N) is 2. The summed E-state index contributed by atoms with van der Waals surface area (Å²) in [5.41, 5.74) is 3.81. The molecular formula is C20H25N3O2. The van der Waals surface area contributed by atoms with Crippen LogP contribution < -0.4 is 10.9 Å². The monoisotopic (exact) mass is 339 g/mol. The molecule has 5 nitrogen and oxygen atoms in total. The van der Waals surface area contributed by atoms with Crippen molar-refractivity contribution in [3.8, 4) is 0 Å². The standard InChI is InChI=1S/C20H25N3O2/c1-13-21-17(20(2,3)4)11-19(25)23(13)12-18(24)22-16-9-8-14-6-5-7-15(14)10-16/h8-11H,5-7,12H2,1-4H3,(H,22,24). The molecule has 1 aromatic heterocycles. The van der Waals surface area contributed by atoms with Crippen LogP contribution in [0.3, 0.4) is 0 Å². The van der Waals surface area contributed by atoms with E-state index in [-0.39, 0.29) is 23.4 Å². The van der Waals surface area contributed by atoms with Gasteiger partial charge in [0.1, 0.15) is 12.4 Å². The number of fused-ring (bicyclic) bond motifs is 1. The molecule has 1 aliphatic rings. The zero-order chi connectivity index (χ0) is 18.2. The number of aryl methyl sites for hydroxylation is 3. The Balaban J connectivity index is 1.76. The Bertz CT molecular complexity index is 875. The van der Waals surface area contributed by atoms with Crippen LogP contribution in [0.4, 0.5) is 5.69 Å². The average Bonchev–Trinajstić information content (AvgIpc) is 2.97. The van der Waals surface area contributed by atoms with Gasteiger partial charge in [-0.3, -0.25) is 14.2 Å². The maximum absolute atomic E-state index is 12.4. The summed E-state index contributed by atoms with van der Waals surface area (Å²) in [4.78, 5) is 29.3. The number of anilines is 1. The Kier molecular flexibility index (Phi) is 4.50. The summed E-state index contributed by atoms with van der Waals surface area (Å²) in [6.45, 7) is 7.77. The van der Waals surface area contributed by atoms with Gasteiger partial charge in [-0.2, -0.15) is 0 Å². The zero-order valence-corrected chi connectivity index (χ0v) is 15.3. The van der Waals surface area contributed by atoms with Crippen LogP contribution in [0.5, 0.6) is 0 Å². The second kappa shape index (κ2) is 6.47. The lowest BCUT2D eigenvalue weighted by Gasteiger charge is -2.19. The van der Waals surface area contributed by atoms with Crippen molar-refractivity contribution in [1.82, 2.24) is 9.55 Å². The number of rotatable bonds is 3. The van der Waals surface area contributed by atoms with Gasteiger partial charge in [0.2, 0.25) is 5.91 Å². The van der Waals surface area contributed by atoms with Gasteiger partial charge < -0.3 is 5.32 Å². The van der Waals surface area contributed by atoms with Gasteiger partial charge >= 0.3 is 0 Å². The van der Waals surface area contributed by atoms with Crippen molar-refractivity contribution >= 4 is 11.6 Å². The molecule has 0 atom stereocenters. The third-order valence-electron chi connectivity index (χ3n) is 4.65. The highest BCUT2D eigenvalue weighted by atomic mass is 16.2. The molecule has 0 fully saturated rings. The fraction of sp³-hybridized carbons (Fsp3) is 0.450. The number of carbonyl (C=O) groups excluding carboxylic acids is 1. The van der Waals surface area contributed by atoms with E-state index in [4.69, 9.17) is 0 Å². The topological polar surface area (TPSA) is 64.0 Å². The molecule has 0 aliphatic heterocycles. The molecule has 1 N–H and O–H groups in total. The zero-order valence-electron chi connectivity index (χ0n) is 15.3. The Morgan fingerprint density at radius 3 is 2.60 bits per heavy atom. The van der Waals surface area contributed by atoms with E-state index < -0.39 is 0 Å². The first-order chi connectivity index (χ1) is 11.7. The molecule has 0 saturated carbocycles. The third-order valence-corrected chi connectivity index (χ3v) is 4.65. The number of aromatic nitrogens is 2. The van der Waals surface area contributed by atoms with Crippen molar-refractivity contribution in [1.29, 1.82) is 0 Å². The summed E-state index contributed by atoms with van der Waals surface area (Å²) in [5.74, 6) is 0.343. The fourth-order valence-corrected chi connectivity index (χ4v) is 3.19. The van der Waals surface area contributed by atoms with E-state index in [9.17, 15) is 9.59 Å². The normalized spacial score (nSPS) is 13.6. The van der Waals surface area contributed by atoms with Crippen LogP contribution in [0, 0.1) is 6.92 Å². The summed E-state index contributed by atoms with van der Waals surface area (Å²) in [6.07, 6.45) is 3.35. The number of amides is 1. The Morgan fingerprint density at radius 1 is 1.20 bits per heavy atom. The molecule has 0 saturated heterocycles. The highest BCUT2D eigenvalue weighted by Gasteiger charge is 2.19. The van der Waals surface area contributed by atoms with Crippen LogP contribution in [0.1, 0.15) is 49.8 Å². The van der Waals surface area contributed by atoms with E-state index in [0.717, 1.165) is 24.2 Å². The minimum absolute atomic E-state index is 0.0286. The lowest BCUT2D eigenvalue weighted by Crippen LogP contribution is -2.32. The predicted octanol–water partition coefficient (Wildman–Crippen LogP) is 2.98. The van der Waals surface area contributed by atoms with Crippen LogP contribution in [0.15, 0.2) is 29.1 Å². The van der Waals surface area contributed by atoms with Crippen molar-refractivity contribution in [2.45, 2.75) is 58.9 Å². The van der Waals surface area contributed by atoms with Gasteiger partial charge in [0.15, 0.2) is 0 Å². The van der Waals surface area contributed by atoms with E-state index in [2.05, 4.69) is 16.4 Å². The molecule has 1 aliphatic carbocycles. The molecule has 0 unspecified atom stereocenters. The van der Waals surface area contributed by atoms with Crippen molar-refractivity contribution in [3.63, 3.8) is 0 Å². The van der Waals surface area contributed by atoms with Crippen LogP contribution >= 0.6 is 0 Å². The quantitative estimate of drug-likeness (QED) is 0.935. The molecule has 2 aromatic rings. The highest BCUT2D eigenvalue weighted by molar-refractivity contribution is 5.90. The van der Waals surface area contributed by atoms with Gasteiger partial charge in [0, 0.05) is 17.2 Å². The highest BCUT2D eigenvalue weighted by Crippen LogP contribution is 2.25. The summed E-state index contributed by atoms with van der Waals surface area (Å²) in [6, 6.07) is 7.57. The third kappa shape index (κ3) is 3.81. The number of carbonyl (C=O) groups is 1. The average molecular weight is 339 g/mol. The first kappa shape index (κ1) is 17.4. The van der Waals surface area contributed by atoms with E-state index in [0.29, 0.717) is 5.82 Å². The summed E-state index contributed by atoms with van der Waals surface area (Å²) in [7, 11) is 0. The Labute approximate surface area is 148 Å². The molecular weight excluding hydrogens is 314 g/mol.